The third-order valence-electron chi connectivity index (χ3n) is 4.52. The van der Waals surface area contributed by atoms with Crippen molar-refractivity contribution in [1.29, 1.82) is 0 Å². The molecule has 110 valence electrons. The number of hydrogen-bond donors (Lipinski definition) is 2. The summed E-state index contributed by atoms with van der Waals surface area (Å²) >= 11 is 0. The molecule has 4 heteroatoms. The Bertz CT molecular complexity index is 535. The Morgan fingerprint density at radius 2 is 1.90 bits per heavy atom. The number of aromatic amines is 1. The minimum absolute atomic E-state index is 0.165. The largest absolute Gasteiger partial charge is 0.351 e. The van der Waals surface area contributed by atoms with E-state index >= 15 is 0 Å². The summed E-state index contributed by atoms with van der Waals surface area (Å²) in [7, 11) is 0. The predicted molar refractivity (Wildman–Crippen MR) is 79.8 cm³/mol. The van der Waals surface area contributed by atoms with Crippen LogP contribution in [0.2, 0.25) is 0 Å². The van der Waals surface area contributed by atoms with Crippen molar-refractivity contribution in [3.05, 3.63) is 34.2 Å². The molecule has 1 saturated carbocycles. The zero-order valence-electron chi connectivity index (χ0n) is 12.6. The maximum Gasteiger partial charge on any atom is 0.251 e. The molecular formula is C16H24N2O2. The molecule has 0 aromatic carbocycles. The molecule has 0 bridgehead atoms. The number of pyridine rings is 1. The monoisotopic (exact) mass is 276 g/mol. The minimum Gasteiger partial charge on any atom is -0.351 e. The van der Waals surface area contributed by atoms with Crippen LogP contribution in [0.1, 0.15) is 56.8 Å². The highest BCUT2D eigenvalue weighted by Gasteiger charge is 2.34. The average Bonchev–Trinajstić information content (AvgIpc) is 2.40. The number of nitrogens with one attached hydrogen (secondary N) is 2. The summed E-state index contributed by atoms with van der Waals surface area (Å²) in [6, 6.07) is 2.96. The van der Waals surface area contributed by atoms with Gasteiger partial charge in [-0.05, 0) is 42.6 Å². The van der Waals surface area contributed by atoms with Crippen LogP contribution in [0.3, 0.4) is 0 Å². The number of amides is 1. The molecule has 0 unspecified atom stereocenters. The Kier molecular flexibility index (Phi) is 4.02. The maximum atomic E-state index is 12.0. The van der Waals surface area contributed by atoms with Crippen LogP contribution in [0, 0.1) is 10.8 Å². The highest BCUT2D eigenvalue weighted by molar-refractivity contribution is 5.93. The predicted octanol–water partition coefficient (Wildman–Crippen LogP) is 2.71. The van der Waals surface area contributed by atoms with Gasteiger partial charge in [-0.25, -0.2) is 0 Å². The van der Waals surface area contributed by atoms with Gasteiger partial charge in [-0.1, -0.05) is 20.8 Å². The smallest absolute Gasteiger partial charge is 0.251 e. The number of rotatable bonds is 3. The van der Waals surface area contributed by atoms with Gasteiger partial charge in [0.05, 0.1) is 0 Å². The van der Waals surface area contributed by atoms with Gasteiger partial charge in [0.25, 0.3) is 5.91 Å². The lowest BCUT2D eigenvalue weighted by molar-refractivity contribution is 0.0863. The topological polar surface area (TPSA) is 62.0 Å². The molecule has 20 heavy (non-hydrogen) atoms. The fourth-order valence-corrected chi connectivity index (χ4v) is 2.69. The van der Waals surface area contributed by atoms with Crippen molar-refractivity contribution in [2.75, 3.05) is 6.54 Å². The van der Waals surface area contributed by atoms with Crippen LogP contribution >= 0.6 is 0 Å². The molecule has 2 rings (SSSR count). The van der Waals surface area contributed by atoms with E-state index in [1.807, 2.05) is 0 Å². The first-order chi connectivity index (χ1) is 9.30. The summed E-state index contributed by atoms with van der Waals surface area (Å²) < 4.78 is 0. The Balaban J connectivity index is 1.92. The van der Waals surface area contributed by atoms with Gasteiger partial charge in [-0.3, -0.25) is 9.59 Å². The lowest BCUT2D eigenvalue weighted by atomic mass is 9.66. The van der Waals surface area contributed by atoms with Gasteiger partial charge in [0, 0.05) is 24.4 Å². The van der Waals surface area contributed by atoms with E-state index < -0.39 is 0 Å². The van der Waals surface area contributed by atoms with Gasteiger partial charge in [-0.2, -0.15) is 0 Å². The Morgan fingerprint density at radius 1 is 1.25 bits per heavy atom. The second-order valence-electron chi connectivity index (χ2n) is 7.10. The van der Waals surface area contributed by atoms with Crippen LogP contribution in [0.4, 0.5) is 0 Å². The number of carbonyl (C=O) groups is 1. The van der Waals surface area contributed by atoms with Crippen LogP contribution in [0.5, 0.6) is 0 Å². The van der Waals surface area contributed by atoms with Gasteiger partial charge < -0.3 is 10.3 Å². The summed E-state index contributed by atoms with van der Waals surface area (Å²) in [5.74, 6) is -0.165. The van der Waals surface area contributed by atoms with E-state index in [9.17, 15) is 9.59 Å². The SMILES string of the molecule is CC1(C)CCC(C)(CNC(=O)c2cc[nH]c(=O)c2)CC1. The molecule has 0 saturated heterocycles. The molecule has 1 fully saturated rings. The van der Waals surface area contributed by atoms with E-state index in [-0.39, 0.29) is 16.9 Å². The van der Waals surface area contributed by atoms with Crippen LogP contribution in [0.25, 0.3) is 0 Å². The summed E-state index contributed by atoms with van der Waals surface area (Å²) in [6.45, 7) is 7.53. The normalized spacial score (nSPS) is 20.4. The summed E-state index contributed by atoms with van der Waals surface area (Å²) in [6.07, 6.45) is 6.17. The number of aromatic nitrogens is 1. The standard InChI is InChI=1S/C16H24N2O2/c1-15(2)5-7-16(3,8-6-15)11-18-14(20)12-4-9-17-13(19)10-12/h4,9-10H,5-8,11H2,1-3H3,(H,17,19)(H,18,20). The lowest BCUT2D eigenvalue weighted by Gasteiger charge is -2.41. The summed E-state index contributed by atoms with van der Waals surface area (Å²) in [5.41, 5.74) is 0.777. The number of hydrogen-bond acceptors (Lipinski definition) is 2. The van der Waals surface area contributed by atoms with Gasteiger partial charge in [0.1, 0.15) is 0 Å². The summed E-state index contributed by atoms with van der Waals surface area (Å²) in [4.78, 5) is 25.8. The Labute approximate surface area is 120 Å². The van der Waals surface area contributed by atoms with E-state index in [0.717, 1.165) is 12.8 Å². The van der Waals surface area contributed by atoms with Gasteiger partial charge in [-0.15, -0.1) is 0 Å². The van der Waals surface area contributed by atoms with E-state index in [0.29, 0.717) is 17.5 Å². The third kappa shape index (κ3) is 3.71. The second-order valence-corrected chi connectivity index (χ2v) is 7.10. The van der Waals surface area contributed by atoms with Crippen molar-refractivity contribution in [2.45, 2.75) is 46.5 Å². The number of carbonyl (C=O) groups excluding carboxylic acids is 1. The van der Waals surface area contributed by atoms with E-state index in [1.165, 1.54) is 25.1 Å². The fraction of sp³-hybridized carbons (Fsp3) is 0.625. The van der Waals surface area contributed by atoms with Crippen molar-refractivity contribution in [3.8, 4) is 0 Å². The molecule has 4 nitrogen and oxygen atoms in total. The molecule has 0 atom stereocenters. The van der Waals surface area contributed by atoms with Gasteiger partial charge >= 0.3 is 0 Å². The summed E-state index contributed by atoms with van der Waals surface area (Å²) in [5, 5.41) is 2.97. The molecule has 0 spiro atoms. The van der Waals surface area contributed by atoms with Crippen molar-refractivity contribution >= 4 is 5.91 Å². The van der Waals surface area contributed by atoms with E-state index in [1.54, 1.807) is 6.07 Å². The van der Waals surface area contributed by atoms with Crippen molar-refractivity contribution in [1.82, 2.24) is 10.3 Å². The highest BCUT2D eigenvalue weighted by Crippen LogP contribution is 2.44. The first-order valence-corrected chi connectivity index (χ1v) is 7.27. The fourth-order valence-electron chi connectivity index (χ4n) is 2.69. The molecule has 1 aromatic rings. The van der Waals surface area contributed by atoms with Crippen LogP contribution in [0.15, 0.2) is 23.1 Å². The van der Waals surface area contributed by atoms with Crippen LogP contribution in [-0.2, 0) is 0 Å². The second kappa shape index (κ2) is 5.43. The minimum atomic E-state index is -0.247. The molecular weight excluding hydrogens is 252 g/mol. The molecule has 1 amide bonds. The van der Waals surface area contributed by atoms with Crippen molar-refractivity contribution in [2.24, 2.45) is 10.8 Å². The Hall–Kier alpha value is -1.58. The zero-order valence-corrected chi connectivity index (χ0v) is 12.6. The molecule has 1 aliphatic carbocycles. The molecule has 2 N–H and O–H groups in total. The molecule has 1 heterocycles. The first kappa shape index (κ1) is 14.8. The van der Waals surface area contributed by atoms with Crippen molar-refractivity contribution in [3.63, 3.8) is 0 Å². The van der Waals surface area contributed by atoms with Crippen LogP contribution < -0.4 is 10.9 Å². The van der Waals surface area contributed by atoms with E-state index in [4.69, 9.17) is 0 Å². The zero-order chi connectivity index (χ0) is 14.8. The Morgan fingerprint density at radius 3 is 2.50 bits per heavy atom. The molecule has 0 radical (unpaired) electrons. The average molecular weight is 276 g/mol. The third-order valence-corrected chi connectivity index (χ3v) is 4.52. The maximum absolute atomic E-state index is 12.0. The van der Waals surface area contributed by atoms with E-state index in [2.05, 4.69) is 31.1 Å². The van der Waals surface area contributed by atoms with Crippen LogP contribution in [-0.4, -0.2) is 17.4 Å². The number of H-pyrrole nitrogens is 1. The van der Waals surface area contributed by atoms with Gasteiger partial charge in [0.2, 0.25) is 5.56 Å². The lowest BCUT2D eigenvalue weighted by Crippen LogP contribution is -2.39. The highest BCUT2D eigenvalue weighted by atomic mass is 16.2. The quantitative estimate of drug-likeness (QED) is 0.891. The molecule has 1 aromatic heterocycles. The first-order valence-electron chi connectivity index (χ1n) is 7.27. The molecule has 1 aliphatic rings. The van der Waals surface area contributed by atoms with Gasteiger partial charge in [0.15, 0.2) is 0 Å². The molecule has 0 aliphatic heterocycles. The van der Waals surface area contributed by atoms with Crippen molar-refractivity contribution < 1.29 is 4.79 Å².